The lowest BCUT2D eigenvalue weighted by molar-refractivity contribution is -0.137. The van der Waals surface area contributed by atoms with E-state index in [-0.39, 0.29) is 17.1 Å². The van der Waals surface area contributed by atoms with E-state index in [1.807, 2.05) is 55.5 Å². The number of nitrogens with one attached hydrogen (secondary N) is 1. The van der Waals surface area contributed by atoms with Gasteiger partial charge < -0.3 is 10.4 Å². The van der Waals surface area contributed by atoms with Crippen LogP contribution in [0, 0.1) is 12.7 Å². The first kappa shape index (κ1) is 24.8. The van der Waals surface area contributed by atoms with Crippen molar-refractivity contribution in [2.24, 2.45) is 0 Å². The van der Waals surface area contributed by atoms with Crippen LogP contribution in [-0.2, 0) is 4.79 Å². The van der Waals surface area contributed by atoms with Gasteiger partial charge in [-0.1, -0.05) is 63.9 Å². The number of carboxylic acids is 1. The number of nitrogens with zero attached hydrogens (tertiary/aromatic N) is 1. The molecular formula is C27H21BrClFN2O3. The van der Waals surface area contributed by atoms with E-state index in [1.165, 1.54) is 18.2 Å². The molecule has 5 nitrogen and oxygen atoms in total. The first-order chi connectivity index (χ1) is 16.8. The second-order valence-electron chi connectivity index (χ2n) is 8.13. The molecule has 1 heterocycles. The van der Waals surface area contributed by atoms with Crippen LogP contribution in [0.25, 0.3) is 22.2 Å². The Morgan fingerprint density at radius 2 is 1.86 bits per heavy atom. The molecule has 0 saturated carbocycles. The lowest BCUT2D eigenvalue weighted by Gasteiger charge is -2.20. The number of rotatable bonds is 7. The molecule has 0 spiro atoms. The maximum atomic E-state index is 14.6. The van der Waals surface area contributed by atoms with Gasteiger partial charge in [0, 0.05) is 38.5 Å². The van der Waals surface area contributed by atoms with Crippen LogP contribution in [0.3, 0.4) is 0 Å². The fourth-order valence-corrected chi connectivity index (χ4v) is 4.87. The van der Waals surface area contributed by atoms with E-state index in [4.69, 9.17) is 16.6 Å². The molecule has 0 saturated heterocycles. The molecule has 0 aliphatic heterocycles. The second-order valence-corrected chi connectivity index (χ2v) is 9.45. The molecule has 0 aliphatic rings. The summed E-state index contributed by atoms with van der Waals surface area (Å²) in [6, 6.07) is 19.2. The Balaban J connectivity index is 1.75. The molecule has 0 fully saturated rings. The number of aromatic nitrogens is 1. The number of hydrogen-bond donors (Lipinski definition) is 2. The molecule has 0 aliphatic carbocycles. The third-order valence-electron chi connectivity index (χ3n) is 5.80. The fraction of sp³-hybridized carbons (Fsp3) is 0.148. The number of benzene rings is 3. The number of amides is 1. The third-order valence-corrected chi connectivity index (χ3v) is 6.63. The average Bonchev–Trinajstić information content (AvgIpc) is 2.82. The topological polar surface area (TPSA) is 79.3 Å². The summed E-state index contributed by atoms with van der Waals surface area (Å²) in [6.45, 7) is 1.72. The summed E-state index contributed by atoms with van der Waals surface area (Å²) in [7, 11) is 0. The number of carbonyl (C=O) groups excluding carboxylic acids is 1. The summed E-state index contributed by atoms with van der Waals surface area (Å²) in [5.74, 6) is -2.99. The summed E-state index contributed by atoms with van der Waals surface area (Å²) in [4.78, 5) is 29.8. The number of aliphatic carboxylic acids is 1. The van der Waals surface area contributed by atoms with Crippen molar-refractivity contribution in [3.05, 3.63) is 98.7 Å². The molecule has 178 valence electrons. The highest BCUT2D eigenvalue weighted by Crippen LogP contribution is 2.32. The van der Waals surface area contributed by atoms with Crippen LogP contribution >= 0.6 is 27.5 Å². The molecule has 3 aromatic carbocycles. The zero-order valence-electron chi connectivity index (χ0n) is 18.7. The van der Waals surface area contributed by atoms with Gasteiger partial charge in [0.1, 0.15) is 5.82 Å². The molecule has 1 aromatic heterocycles. The molecule has 4 rings (SSSR count). The van der Waals surface area contributed by atoms with Gasteiger partial charge in [-0.15, -0.1) is 0 Å². The van der Waals surface area contributed by atoms with E-state index in [0.717, 1.165) is 10.0 Å². The first-order valence-corrected chi connectivity index (χ1v) is 12.0. The van der Waals surface area contributed by atoms with Crippen molar-refractivity contribution in [2.75, 3.05) is 6.54 Å². The van der Waals surface area contributed by atoms with E-state index < -0.39 is 30.0 Å². The highest BCUT2D eigenvalue weighted by Gasteiger charge is 2.25. The molecule has 2 N–H and O–H groups in total. The zero-order chi connectivity index (χ0) is 25.1. The van der Waals surface area contributed by atoms with Crippen LogP contribution in [0.1, 0.15) is 33.8 Å². The van der Waals surface area contributed by atoms with Crippen molar-refractivity contribution < 1.29 is 19.1 Å². The van der Waals surface area contributed by atoms with Crippen molar-refractivity contribution in [3.63, 3.8) is 0 Å². The smallest absolute Gasteiger partial charge is 0.304 e. The Labute approximate surface area is 215 Å². The van der Waals surface area contributed by atoms with Crippen molar-refractivity contribution >= 4 is 50.3 Å². The van der Waals surface area contributed by atoms with Gasteiger partial charge in [-0.2, -0.15) is 0 Å². The fourth-order valence-electron chi connectivity index (χ4n) is 4.19. The molecule has 0 radical (unpaired) electrons. The predicted octanol–water partition coefficient (Wildman–Crippen LogP) is 6.75. The number of fused-ring (bicyclic) bond motifs is 1. The molecule has 0 bridgehead atoms. The highest BCUT2D eigenvalue weighted by atomic mass is 79.9. The van der Waals surface area contributed by atoms with E-state index in [0.29, 0.717) is 27.7 Å². The molecule has 1 amide bonds. The standard InChI is InChI=1S/C27H21BrClFN2O3/c1-15-24(19-13-18(28)10-11-22(19)32-26(15)16-6-3-2-4-7-16)27(35)31-14-17(12-23(33)34)25-20(29)8-5-9-21(25)30/h2-11,13,17H,12,14H2,1H3,(H,31,35)(H,33,34). The van der Waals surface area contributed by atoms with Crippen LogP contribution in [0.4, 0.5) is 4.39 Å². The largest absolute Gasteiger partial charge is 0.481 e. The summed E-state index contributed by atoms with van der Waals surface area (Å²) < 4.78 is 15.3. The Kier molecular flexibility index (Phi) is 7.48. The minimum Gasteiger partial charge on any atom is -0.481 e. The average molecular weight is 556 g/mol. The van der Waals surface area contributed by atoms with Crippen LogP contribution in [0.15, 0.2) is 71.2 Å². The van der Waals surface area contributed by atoms with Gasteiger partial charge >= 0.3 is 5.97 Å². The lowest BCUT2D eigenvalue weighted by atomic mass is 9.94. The van der Waals surface area contributed by atoms with Gasteiger partial charge in [0.15, 0.2) is 0 Å². The summed E-state index contributed by atoms with van der Waals surface area (Å²) in [6.07, 6.45) is -0.391. The Morgan fingerprint density at radius 1 is 1.11 bits per heavy atom. The Morgan fingerprint density at radius 3 is 2.54 bits per heavy atom. The predicted molar refractivity (Wildman–Crippen MR) is 138 cm³/mol. The normalized spacial score (nSPS) is 11.9. The van der Waals surface area contributed by atoms with Crippen LogP contribution in [0.5, 0.6) is 0 Å². The van der Waals surface area contributed by atoms with Gasteiger partial charge in [-0.05, 0) is 42.8 Å². The number of halogens is 3. The monoisotopic (exact) mass is 554 g/mol. The van der Waals surface area contributed by atoms with Crippen LogP contribution in [0.2, 0.25) is 5.02 Å². The number of pyridine rings is 1. The maximum absolute atomic E-state index is 14.6. The van der Waals surface area contributed by atoms with E-state index in [9.17, 15) is 19.1 Å². The summed E-state index contributed by atoms with van der Waals surface area (Å²) in [5, 5.41) is 13.0. The minimum atomic E-state index is -1.12. The van der Waals surface area contributed by atoms with Gasteiger partial charge in [0.2, 0.25) is 0 Å². The second kappa shape index (κ2) is 10.5. The summed E-state index contributed by atoms with van der Waals surface area (Å²) in [5.41, 5.74) is 3.35. The van der Waals surface area contributed by atoms with Crippen molar-refractivity contribution in [3.8, 4) is 11.3 Å². The van der Waals surface area contributed by atoms with Crippen LogP contribution in [-0.4, -0.2) is 28.5 Å². The van der Waals surface area contributed by atoms with Crippen molar-refractivity contribution in [1.29, 1.82) is 0 Å². The van der Waals surface area contributed by atoms with Gasteiger partial charge in [-0.25, -0.2) is 9.37 Å². The van der Waals surface area contributed by atoms with Gasteiger partial charge in [-0.3, -0.25) is 9.59 Å². The SMILES string of the molecule is Cc1c(-c2ccccc2)nc2ccc(Br)cc2c1C(=O)NCC(CC(=O)O)c1c(F)cccc1Cl. The van der Waals surface area contributed by atoms with E-state index in [1.54, 1.807) is 0 Å². The minimum absolute atomic E-state index is 0.0703. The van der Waals surface area contributed by atoms with Gasteiger partial charge in [0.05, 0.1) is 23.2 Å². The lowest BCUT2D eigenvalue weighted by Crippen LogP contribution is -2.31. The van der Waals surface area contributed by atoms with Crippen molar-refractivity contribution in [1.82, 2.24) is 10.3 Å². The zero-order valence-corrected chi connectivity index (χ0v) is 21.0. The molecule has 1 atom stereocenters. The number of carboxylic acid groups (broad SMARTS) is 1. The maximum Gasteiger partial charge on any atom is 0.304 e. The van der Waals surface area contributed by atoms with E-state index in [2.05, 4.69) is 21.2 Å². The highest BCUT2D eigenvalue weighted by molar-refractivity contribution is 9.10. The molecule has 4 aromatic rings. The third kappa shape index (κ3) is 5.36. The Bertz CT molecular complexity index is 1410. The number of hydrogen-bond acceptors (Lipinski definition) is 3. The molecule has 35 heavy (non-hydrogen) atoms. The quantitative estimate of drug-likeness (QED) is 0.264. The number of carbonyl (C=O) groups is 2. The molecule has 8 heteroatoms. The van der Waals surface area contributed by atoms with Crippen LogP contribution < -0.4 is 5.32 Å². The molecular weight excluding hydrogens is 535 g/mol. The van der Waals surface area contributed by atoms with Gasteiger partial charge in [0.25, 0.3) is 5.91 Å². The van der Waals surface area contributed by atoms with E-state index >= 15 is 0 Å². The van der Waals surface area contributed by atoms with Crippen molar-refractivity contribution in [2.45, 2.75) is 19.3 Å². The Hall–Kier alpha value is -3.29. The first-order valence-electron chi connectivity index (χ1n) is 10.9. The molecule has 1 unspecified atom stereocenters. The summed E-state index contributed by atoms with van der Waals surface area (Å²) >= 11 is 9.65.